The molecule has 152 valence electrons. The highest BCUT2D eigenvalue weighted by atomic mass is 16.5. The monoisotopic (exact) mass is 410 g/mol. The van der Waals surface area contributed by atoms with Gasteiger partial charge in [0.2, 0.25) is 0 Å². The predicted molar refractivity (Wildman–Crippen MR) is 119 cm³/mol. The number of hydrogen-bond donors (Lipinski definition) is 0. The van der Waals surface area contributed by atoms with Gasteiger partial charge in [-0.15, -0.1) is 0 Å². The van der Waals surface area contributed by atoms with Crippen molar-refractivity contribution < 1.29 is 9.47 Å². The number of rotatable bonds is 2. The van der Waals surface area contributed by atoms with Gasteiger partial charge in [-0.25, -0.2) is 14.4 Å². The molecule has 31 heavy (non-hydrogen) atoms. The summed E-state index contributed by atoms with van der Waals surface area (Å²) in [5.74, 6) is 0.889. The van der Waals surface area contributed by atoms with Crippen LogP contribution in [-0.2, 0) is 0 Å². The lowest BCUT2D eigenvalue weighted by Crippen LogP contribution is -2.18. The first-order valence-electron chi connectivity index (χ1n) is 9.68. The molecule has 3 aromatic heterocycles. The van der Waals surface area contributed by atoms with Gasteiger partial charge in [0.05, 0.1) is 36.2 Å². The van der Waals surface area contributed by atoms with Gasteiger partial charge in [0.25, 0.3) is 5.56 Å². The van der Waals surface area contributed by atoms with Crippen molar-refractivity contribution in [3.63, 3.8) is 0 Å². The van der Waals surface area contributed by atoms with Gasteiger partial charge in [0.1, 0.15) is 11.7 Å². The fourth-order valence-electron chi connectivity index (χ4n) is 4.14. The summed E-state index contributed by atoms with van der Waals surface area (Å²) in [5.41, 5.74) is 4.07. The van der Waals surface area contributed by atoms with Crippen LogP contribution in [0.4, 0.5) is 0 Å². The Balaban J connectivity index is 2.03. The van der Waals surface area contributed by atoms with E-state index in [0.29, 0.717) is 39.0 Å². The smallest absolute Gasteiger partial charge is 0.267 e. The molecule has 0 saturated heterocycles. The molecule has 7 heteroatoms. The second-order valence-electron chi connectivity index (χ2n) is 7.52. The average molecular weight is 410 g/mol. The van der Waals surface area contributed by atoms with E-state index in [1.165, 1.54) is 18.6 Å². The van der Waals surface area contributed by atoms with Crippen LogP contribution in [0.3, 0.4) is 0 Å². The molecule has 7 nitrogen and oxygen atoms in total. The van der Waals surface area contributed by atoms with Gasteiger partial charge >= 0.3 is 0 Å². The van der Waals surface area contributed by atoms with E-state index in [1.807, 2.05) is 26.0 Å². The van der Waals surface area contributed by atoms with E-state index < -0.39 is 0 Å². The zero-order valence-corrected chi connectivity index (χ0v) is 17.5. The molecule has 5 rings (SSSR count). The first-order valence-corrected chi connectivity index (χ1v) is 9.68. The maximum atomic E-state index is 13.6. The number of nitriles is 1. The Morgan fingerprint density at radius 1 is 0.903 bits per heavy atom. The Bertz CT molecular complexity index is 1660. The zero-order valence-electron chi connectivity index (χ0n) is 17.5. The lowest BCUT2D eigenvalue weighted by atomic mass is 10.0. The largest absolute Gasteiger partial charge is 0.493 e. The van der Waals surface area contributed by atoms with Crippen LogP contribution in [0, 0.1) is 25.2 Å². The standard InChI is InChI=1S/C24H18N4O3/c1-12-5-13(2)21-14(6-12)7-15-8-16(11-25)23-26-18-10-20(31-4)19(30-3)9-17(18)24(29)28(23)22(15)27-21/h5-10H,1-4H3. The van der Waals surface area contributed by atoms with Crippen molar-refractivity contribution in [2.45, 2.75) is 13.8 Å². The van der Waals surface area contributed by atoms with Gasteiger partial charge in [-0.2, -0.15) is 5.26 Å². The third-order valence-corrected chi connectivity index (χ3v) is 5.51. The zero-order chi connectivity index (χ0) is 21.9. The van der Waals surface area contributed by atoms with Crippen LogP contribution in [0.2, 0.25) is 0 Å². The highest BCUT2D eigenvalue weighted by Crippen LogP contribution is 2.31. The van der Waals surface area contributed by atoms with Crippen molar-refractivity contribution in [1.29, 1.82) is 5.26 Å². The van der Waals surface area contributed by atoms with Gasteiger partial charge in [-0.05, 0) is 43.7 Å². The summed E-state index contributed by atoms with van der Waals surface area (Å²) in [5, 5.41) is 11.8. The van der Waals surface area contributed by atoms with Crippen molar-refractivity contribution >= 4 is 38.5 Å². The molecule has 0 aliphatic carbocycles. The fraction of sp³-hybridized carbons (Fsp3) is 0.167. The second kappa shape index (κ2) is 6.67. The van der Waals surface area contributed by atoms with Crippen molar-refractivity contribution in [3.05, 3.63) is 63.4 Å². The molecule has 0 aliphatic rings. The maximum absolute atomic E-state index is 13.6. The van der Waals surface area contributed by atoms with Crippen LogP contribution in [0.25, 0.3) is 38.5 Å². The van der Waals surface area contributed by atoms with Crippen LogP contribution in [0.1, 0.15) is 16.7 Å². The van der Waals surface area contributed by atoms with Gasteiger partial charge < -0.3 is 9.47 Å². The average Bonchev–Trinajstić information content (AvgIpc) is 2.76. The topological polar surface area (TPSA) is 89.5 Å². The Morgan fingerprint density at radius 2 is 1.65 bits per heavy atom. The van der Waals surface area contributed by atoms with E-state index in [4.69, 9.17) is 14.5 Å². The molecule has 0 saturated carbocycles. The first-order chi connectivity index (χ1) is 14.9. The van der Waals surface area contributed by atoms with Crippen molar-refractivity contribution in [3.8, 4) is 17.6 Å². The van der Waals surface area contributed by atoms with Gasteiger partial charge in [-0.3, -0.25) is 4.79 Å². The summed E-state index contributed by atoms with van der Waals surface area (Å²) >= 11 is 0. The van der Waals surface area contributed by atoms with Gasteiger partial charge in [0, 0.05) is 16.8 Å². The number of hydrogen-bond acceptors (Lipinski definition) is 6. The predicted octanol–water partition coefficient (Wildman–Crippen LogP) is 4.05. The van der Waals surface area contributed by atoms with Crippen molar-refractivity contribution in [2.24, 2.45) is 0 Å². The lowest BCUT2D eigenvalue weighted by molar-refractivity contribution is 0.355. The highest BCUT2D eigenvalue weighted by molar-refractivity contribution is 5.96. The molecule has 0 bridgehead atoms. The summed E-state index contributed by atoms with van der Waals surface area (Å²) in [6, 6.07) is 13.2. The van der Waals surface area contributed by atoms with Crippen LogP contribution in [0.5, 0.6) is 11.5 Å². The molecular formula is C24H18N4O3. The van der Waals surface area contributed by atoms with Crippen LogP contribution in [-0.4, -0.2) is 28.6 Å². The first kappa shape index (κ1) is 18.8. The van der Waals surface area contributed by atoms with E-state index in [2.05, 4.69) is 17.1 Å². The molecule has 0 atom stereocenters. The fourth-order valence-corrected chi connectivity index (χ4v) is 4.14. The molecule has 2 aromatic carbocycles. The number of ether oxygens (including phenoxy) is 2. The number of aryl methyl sites for hydroxylation is 2. The Kier molecular flexibility index (Phi) is 4.05. The van der Waals surface area contributed by atoms with Crippen LogP contribution < -0.4 is 15.0 Å². The molecular weight excluding hydrogens is 392 g/mol. The van der Waals surface area contributed by atoms with Crippen LogP contribution in [0.15, 0.2) is 41.2 Å². The molecule has 0 spiro atoms. The number of benzene rings is 2. The molecule has 0 N–H and O–H groups in total. The summed E-state index contributed by atoms with van der Waals surface area (Å²) in [6.07, 6.45) is 0. The normalized spacial score (nSPS) is 11.3. The quantitative estimate of drug-likeness (QED) is 0.322. The molecule has 5 aromatic rings. The minimum absolute atomic E-state index is 0.260. The molecule has 0 radical (unpaired) electrons. The summed E-state index contributed by atoms with van der Waals surface area (Å²) in [6.45, 7) is 4.02. The number of methoxy groups -OCH3 is 2. The highest BCUT2D eigenvalue weighted by Gasteiger charge is 2.17. The second-order valence-corrected chi connectivity index (χ2v) is 7.52. The van der Waals surface area contributed by atoms with E-state index in [9.17, 15) is 10.1 Å². The third-order valence-electron chi connectivity index (χ3n) is 5.51. The lowest BCUT2D eigenvalue weighted by Gasteiger charge is -2.12. The third kappa shape index (κ3) is 2.69. The summed E-state index contributed by atoms with van der Waals surface area (Å²) < 4.78 is 12.1. The summed E-state index contributed by atoms with van der Waals surface area (Å²) in [7, 11) is 3.03. The molecule has 0 unspecified atom stereocenters. The van der Waals surface area contributed by atoms with E-state index in [-0.39, 0.29) is 11.2 Å². The van der Waals surface area contributed by atoms with E-state index in [1.54, 1.807) is 18.2 Å². The van der Waals surface area contributed by atoms with Gasteiger partial charge in [0.15, 0.2) is 17.1 Å². The Hall–Kier alpha value is -4.18. The number of pyridine rings is 2. The number of aromatic nitrogens is 3. The van der Waals surface area contributed by atoms with Crippen molar-refractivity contribution in [1.82, 2.24) is 14.4 Å². The van der Waals surface area contributed by atoms with E-state index in [0.717, 1.165) is 22.0 Å². The molecule has 3 heterocycles. The molecule has 0 aliphatic heterocycles. The minimum atomic E-state index is -0.320. The Morgan fingerprint density at radius 3 is 2.35 bits per heavy atom. The minimum Gasteiger partial charge on any atom is -0.493 e. The van der Waals surface area contributed by atoms with E-state index >= 15 is 0 Å². The van der Waals surface area contributed by atoms with Crippen molar-refractivity contribution in [2.75, 3.05) is 14.2 Å². The SMILES string of the molecule is COc1cc2nc3c(C#N)cc4cc5cc(C)cc(C)c5nc4n3c(=O)c2cc1OC. The Labute approximate surface area is 177 Å². The number of fused-ring (bicyclic) bond motifs is 5. The molecule has 0 amide bonds. The summed E-state index contributed by atoms with van der Waals surface area (Å²) in [4.78, 5) is 23.0. The maximum Gasteiger partial charge on any atom is 0.267 e. The number of nitrogens with zero attached hydrogens (tertiary/aromatic N) is 4. The van der Waals surface area contributed by atoms with Crippen LogP contribution >= 0.6 is 0 Å². The molecule has 0 fully saturated rings. The van der Waals surface area contributed by atoms with Gasteiger partial charge in [-0.1, -0.05) is 11.6 Å².